The van der Waals surface area contributed by atoms with E-state index in [2.05, 4.69) is 26.0 Å². The van der Waals surface area contributed by atoms with E-state index in [-0.39, 0.29) is 5.82 Å². The molecule has 2 heterocycles. The van der Waals surface area contributed by atoms with Crippen LogP contribution >= 0.6 is 27.3 Å². The van der Waals surface area contributed by atoms with Crippen LogP contribution in [0.1, 0.15) is 5.01 Å². The fraction of sp³-hybridized carbons (Fsp3) is 0.0909. The lowest BCUT2D eigenvalue weighted by Gasteiger charge is -1.98. The normalized spacial score (nSPS) is 11.2. The zero-order chi connectivity index (χ0) is 12.0. The Balaban J connectivity index is 2.16. The van der Waals surface area contributed by atoms with Gasteiger partial charge in [0.05, 0.1) is 11.9 Å². The lowest BCUT2D eigenvalue weighted by atomic mass is 10.1. The molecule has 0 radical (unpaired) electrons. The smallest absolute Gasteiger partial charge is 0.212 e. The Labute approximate surface area is 109 Å². The summed E-state index contributed by atoms with van der Waals surface area (Å²) in [6, 6.07) is 4.94. The van der Waals surface area contributed by atoms with Crippen molar-refractivity contribution >= 4 is 32.2 Å². The molecule has 0 unspecified atom stereocenters. The third kappa shape index (κ3) is 1.87. The lowest BCUT2D eigenvalue weighted by Crippen LogP contribution is -1.84. The van der Waals surface area contributed by atoms with Gasteiger partial charge in [0.25, 0.3) is 0 Å². The van der Waals surface area contributed by atoms with Gasteiger partial charge in [-0.1, -0.05) is 27.3 Å². The molecular formula is C11H7BrFN3S. The van der Waals surface area contributed by atoms with Crippen LogP contribution in [0.5, 0.6) is 0 Å². The first-order valence-electron chi connectivity index (χ1n) is 4.92. The number of rotatable bonds is 1. The maximum absolute atomic E-state index is 13.8. The van der Waals surface area contributed by atoms with Crippen molar-refractivity contribution in [2.45, 2.75) is 6.92 Å². The summed E-state index contributed by atoms with van der Waals surface area (Å²) in [7, 11) is 0. The van der Waals surface area contributed by atoms with E-state index >= 15 is 0 Å². The highest BCUT2D eigenvalue weighted by Gasteiger charge is 2.11. The average Bonchev–Trinajstić information content (AvgIpc) is 2.74. The molecule has 86 valence electrons. The molecule has 0 spiro atoms. The summed E-state index contributed by atoms with van der Waals surface area (Å²) in [5.74, 6) is -0.290. The van der Waals surface area contributed by atoms with Gasteiger partial charge in [0.2, 0.25) is 4.96 Å². The van der Waals surface area contributed by atoms with Crippen LogP contribution in [-0.4, -0.2) is 14.6 Å². The van der Waals surface area contributed by atoms with Crippen molar-refractivity contribution < 1.29 is 4.39 Å². The predicted octanol–water partition coefficient (Wildman–Crippen LogP) is 3.67. The summed E-state index contributed by atoms with van der Waals surface area (Å²) < 4.78 is 16.1. The third-order valence-electron chi connectivity index (χ3n) is 2.35. The summed E-state index contributed by atoms with van der Waals surface area (Å²) in [5.41, 5.74) is 1.09. The van der Waals surface area contributed by atoms with Crippen molar-refractivity contribution in [3.8, 4) is 11.3 Å². The van der Waals surface area contributed by atoms with Crippen LogP contribution in [0.2, 0.25) is 0 Å². The fourth-order valence-corrected chi connectivity index (χ4v) is 2.68. The van der Waals surface area contributed by atoms with Gasteiger partial charge in [-0.15, -0.1) is 0 Å². The van der Waals surface area contributed by atoms with Crippen molar-refractivity contribution in [3.63, 3.8) is 0 Å². The summed E-state index contributed by atoms with van der Waals surface area (Å²) in [4.78, 5) is 5.14. The third-order valence-corrected chi connectivity index (χ3v) is 3.68. The molecule has 6 heteroatoms. The Kier molecular flexibility index (Phi) is 2.48. The topological polar surface area (TPSA) is 30.2 Å². The Hall–Kier alpha value is -1.27. The Morgan fingerprint density at radius 1 is 1.41 bits per heavy atom. The first-order valence-corrected chi connectivity index (χ1v) is 6.53. The maximum atomic E-state index is 13.8. The molecule has 0 atom stereocenters. The van der Waals surface area contributed by atoms with Gasteiger partial charge in [-0.2, -0.15) is 5.10 Å². The monoisotopic (exact) mass is 311 g/mol. The lowest BCUT2D eigenvalue weighted by molar-refractivity contribution is 0.630. The van der Waals surface area contributed by atoms with E-state index in [1.807, 2.05) is 6.92 Å². The highest BCUT2D eigenvalue weighted by molar-refractivity contribution is 9.10. The van der Waals surface area contributed by atoms with Crippen LogP contribution in [-0.2, 0) is 0 Å². The molecule has 0 bridgehead atoms. The minimum absolute atomic E-state index is 0.290. The zero-order valence-corrected chi connectivity index (χ0v) is 11.2. The van der Waals surface area contributed by atoms with Gasteiger partial charge < -0.3 is 0 Å². The minimum Gasteiger partial charge on any atom is -0.217 e. The molecule has 3 nitrogen and oxygen atoms in total. The number of benzene rings is 1. The molecule has 0 saturated carbocycles. The second kappa shape index (κ2) is 3.89. The zero-order valence-electron chi connectivity index (χ0n) is 8.82. The van der Waals surface area contributed by atoms with Crippen LogP contribution in [0.25, 0.3) is 16.2 Å². The van der Waals surface area contributed by atoms with Gasteiger partial charge in [0, 0.05) is 10.0 Å². The number of aromatic nitrogens is 3. The van der Waals surface area contributed by atoms with Gasteiger partial charge in [-0.3, -0.25) is 0 Å². The number of fused-ring (bicyclic) bond motifs is 1. The van der Waals surface area contributed by atoms with E-state index < -0.39 is 0 Å². The molecule has 3 aromatic rings. The highest BCUT2D eigenvalue weighted by Crippen LogP contribution is 2.26. The second-order valence-electron chi connectivity index (χ2n) is 3.60. The molecule has 0 saturated heterocycles. The molecule has 0 aliphatic carbocycles. The number of nitrogens with zero attached hydrogens (tertiary/aromatic N) is 3. The van der Waals surface area contributed by atoms with Gasteiger partial charge in [-0.05, 0) is 25.1 Å². The quantitative estimate of drug-likeness (QED) is 0.686. The fourth-order valence-electron chi connectivity index (χ4n) is 1.63. The summed E-state index contributed by atoms with van der Waals surface area (Å²) in [6.45, 7) is 1.92. The summed E-state index contributed by atoms with van der Waals surface area (Å²) >= 11 is 4.72. The van der Waals surface area contributed by atoms with Crippen LogP contribution in [0, 0.1) is 12.7 Å². The number of hydrogen-bond acceptors (Lipinski definition) is 3. The highest BCUT2D eigenvalue weighted by atomic mass is 79.9. The summed E-state index contributed by atoms with van der Waals surface area (Å²) in [6.07, 6.45) is 1.74. The van der Waals surface area contributed by atoms with Crippen LogP contribution in [0.15, 0.2) is 28.9 Å². The minimum atomic E-state index is -0.290. The van der Waals surface area contributed by atoms with Crippen LogP contribution < -0.4 is 0 Å². The first kappa shape index (κ1) is 10.9. The molecule has 0 N–H and O–H groups in total. The van der Waals surface area contributed by atoms with E-state index in [0.717, 1.165) is 9.97 Å². The summed E-state index contributed by atoms with van der Waals surface area (Å²) in [5, 5.41) is 5.19. The molecule has 0 aliphatic rings. The number of hydrogen-bond donors (Lipinski definition) is 0. The molecule has 0 aliphatic heterocycles. The standard InChI is InChI=1S/C11H7BrFN3S/c1-6-15-16-5-10(14-11(16)17-6)8-3-2-7(12)4-9(8)13/h2-5H,1H3. The van der Waals surface area contributed by atoms with Gasteiger partial charge >= 0.3 is 0 Å². The SMILES string of the molecule is Cc1nn2cc(-c3ccc(Br)cc3F)nc2s1. The van der Waals surface area contributed by atoms with Crippen molar-refractivity contribution in [2.24, 2.45) is 0 Å². The molecule has 2 aromatic heterocycles. The Morgan fingerprint density at radius 2 is 2.24 bits per heavy atom. The van der Waals surface area contributed by atoms with E-state index in [0.29, 0.717) is 15.7 Å². The van der Waals surface area contributed by atoms with E-state index in [1.54, 1.807) is 22.8 Å². The van der Waals surface area contributed by atoms with Crippen molar-refractivity contribution in [1.29, 1.82) is 0 Å². The predicted molar refractivity (Wildman–Crippen MR) is 68.7 cm³/mol. The van der Waals surface area contributed by atoms with Gasteiger partial charge in [0.1, 0.15) is 10.8 Å². The molecule has 17 heavy (non-hydrogen) atoms. The van der Waals surface area contributed by atoms with Crippen molar-refractivity contribution in [3.05, 3.63) is 39.7 Å². The van der Waals surface area contributed by atoms with Gasteiger partial charge in [-0.25, -0.2) is 13.9 Å². The van der Waals surface area contributed by atoms with Crippen LogP contribution in [0.4, 0.5) is 4.39 Å². The molecular weight excluding hydrogens is 305 g/mol. The van der Waals surface area contributed by atoms with Crippen LogP contribution in [0.3, 0.4) is 0 Å². The Bertz CT molecular complexity index is 672. The second-order valence-corrected chi connectivity index (χ2v) is 5.67. The number of halogens is 2. The molecule has 1 aromatic carbocycles. The average molecular weight is 312 g/mol. The first-order chi connectivity index (χ1) is 8.13. The van der Waals surface area contributed by atoms with Crippen molar-refractivity contribution in [1.82, 2.24) is 14.6 Å². The van der Waals surface area contributed by atoms with E-state index in [4.69, 9.17) is 0 Å². The maximum Gasteiger partial charge on any atom is 0.212 e. The molecule has 0 amide bonds. The van der Waals surface area contributed by atoms with E-state index in [9.17, 15) is 4.39 Å². The largest absolute Gasteiger partial charge is 0.217 e. The number of imidazole rings is 1. The van der Waals surface area contributed by atoms with Gasteiger partial charge in [0.15, 0.2) is 0 Å². The molecule has 0 fully saturated rings. The van der Waals surface area contributed by atoms with Crippen molar-refractivity contribution in [2.75, 3.05) is 0 Å². The molecule has 3 rings (SSSR count). The number of aryl methyl sites for hydroxylation is 1. The Morgan fingerprint density at radius 3 is 2.94 bits per heavy atom. The van der Waals surface area contributed by atoms with E-state index in [1.165, 1.54) is 17.4 Å².